The number of hydrazine groups is 1. The zero-order chi connectivity index (χ0) is 31.5. The molecule has 2 unspecified atom stereocenters. The highest BCUT2D eigenvalue weighted by molar-refractivity contribution is 6.30. The smallest absolute Gasteiger partial charge is 0.300 e. The van der Waals surface area contributed by atoms with E-state index >= 15 is 0 Å². The maximum absolute atomic E-state index is 14.4. The highest BCUT2D eigenvalue weighted by Crippen LogP contribution is 2.35. The number of rotatable bonds is 8. The quantitative estimate of drug-likeness (QED) is 0.306. The van der Waals surface area contributed by atoms with Gasteiger partial charge in [0, 0.05) is 35.7 Å². The van der Waals surface area contributed by atoms with Gasteiger partial charge in [0.15, 0.2) is 0 Å². The Hall–Kier alpha value is -4.44. The number of Topliss-reactive ketones (excluding diaryl/α,β-unsaturated/α-hetero) is 1. The number of carbonyl (C=O) groups is 4. The van der Waals surface area contributed by atoms with Crippen LogP contribution in [0.4, 0.5) is 13.2 Å². The van der Waals surface area contributed by atoms with Crippen molar-refractivity contribution >= 4 is 40.8 Å². The summed E-state index contributed by atoms with van der Waals surface area (Å²) in [6.45, 7) is 4.34. The van der Waals surface area contributed by atoms with E-state index in [1.54, 1.807) is 62.4 Å². The van der Waals surface area contributed by atoms with Crippen LogP contribution >= 0.6 is 11.6 Å². The lowest BCUT2D eigenvalue weighted by Crippen LogP contribution is -2.64. The molecule has 0 fully saturated rings. The number of benzene rings is 3. The van der Waals surface area contributed by atoms with Gasteiger partial charge in [-0.05, 0) is 35.7 Å². The Morgan fingerprint density at radius 3 is 1.98 bits per heavy atom. The molecule has 0 radical (unpaired) electrons. The molecule has 0 bridgehead atoms. The molecule has 3 aromatic carbocycles. The van der Waals surface area contributed by atoms with E-state index in [-0.39, 0.29) is 11.3 Å². The number of hydrogen-bond acceptors (Lipinski definition) is 4. The molecule has 11 heteroatoms. The molecule has 1 aliphatic rings. The molecule has 224 valence electrons. The van der Waals surface area contributed by atoms with Gasteiger partial charge in [0.05, 0.1) is 5.70 Å². The summed E-state index contributed by atoms with van der Waals surface area (Å²) in [7, 11) is 0. The second kappa shape index (κ2) is 12.8. The lowest BCUT2D eigenvalue weighted by molar-refractivity contribution is -0.187. The number of hydrogen-bond donors (Lipinski definition) is 0. The second-order valence-electron chi connectivity index (χ2n) is 10.4. The molecular weight excluding hydrogens is 583 g/mol. The first-order valence-electron chi connectivity index (χ1n) is 13.5. The van der Waals surface area contributed by atoms with Gasteiger partial charge in [-0.15, -0.1) is 0 Å². The van der Waals surface area contributed by atoms with Crippen molar-refractivity contribution in [3.8, 4) is 0 Å². The summed E-state index contributed by atoms with van der Waals surface area (Å²) < 4.78 is 42.1. The molecule has 7 nitrogen and oxygen atoms in total. The van der Waals surface area contributed by atoms with Crippen LogP contribution in [0.15, 0.2) is 91.1 Å². The highest BCUT2D eigenvalue weighted by Gasteiger charge is 2.51. The SMILES string of the molecule is CC(=O)N(C(Cc1ccccc1)C(=O)C(F)(F)F)N1C(=O)C(C(C)C)N(C(=O)c2ccc(Cl)cc2)C=C1c1ccccc1. The lowest BCUT2D eigenvalue weighted by Gasteiger charge is -2.47. The summed E-state index contributed by atoms with van der Waals surface area (Å²) in [6, 6.07) is 18.8. The van der Waals surface area contributed by atoms with Crippen LogP contribution in [0.25, 0.3) is 5.70 Å². The minimum absolute atomic E-state index is 0.0481. The minimum Gasteiger partial charge on any atom is -0.300 e. The normalized spacial score (nSPS) is 16.1. The van der Waals surface area contributed by atoms with Crippen molar-refractivity contribution in [3.63, 3.8) is 0 Å². The van der Waals surface area contributed by atoms with Crippen LogP contribution in [0.1, 0.15) is 42.3 Å². The molecular formula is C32H29ClF3N3O4. The summed E-state index contributed by atoms with van der Waals surface area (Å²) in [4.78, 5) is 55.6. The Kier molecular flexibility index (Phi) is 9.40. The standard InChI is InChI=1S/C32H29ClF3N3O4/c1-20(2)28-31(43)39(38(21(3)40)26(29(41)32(34,35)36)18-22-10-6-4-7-11-22)27(23-12-8-5-9-13-23)19-37(28)30(42)24-14-16-25(33)17-15-24/h4-17,19-20,26,28H,18H2,1-3H3. The van der Waals surface area contributed by atoms with E-state index < -0.39 is 54.1 Å². The van der Waals surface area contributed by atoms with Gasteiger partial charge < -0.3 is 0 Å². The zero-order valence-corrected chi connectivity index (χ0v) is 24.3. The number of alkyl halides is 3. The molecule has 0 aliphatic carbocycles. The third kappa shape index (κ3) is 6.80. The van der Waals surface area contributed by atoms with Gasteiger partial charge in [0.2, 0.25) is 5.91 Å². The highest BCUT2D eigenvalue weighted by atomic mass is 35.5. The molecule has 43 heavy (non-hydrogen) atoms. The Bertz CT molecular complexity index is 1530. The van der Waals surface area contributed by atoms with E-state index in [1.165, 1.54) is 47.5 Å². The number of halogens is 4. The van der Waals surface area contributed by atoms with Gasteiger partial charge in [-0.3, -0.25) is 24.1 Å². The fraction of sp³-hybridized carbons (Fsp3) is 0.250. The molecule has 0 aromatic heterocycles. The van der Waals surface area contributed by atoms with E-state index in [0.717, 1.165) is 11.9 Å². The first-order valence-corrected chi connectivity index (χ1v) is 13.8. The van der Waals surface area contributed by atoms with Crippen molar-refractivity contribution in [3.05, 3.63) is 113 Å². The van der Waals surface area contributed by atoms with Crippen molar-refractivity contribution in [2.75, 3.05) is 0 Å². The van der Waals surface area contributed by atoms with Gasteiger partial charge in [0.1, 0.15) is 12.1 Å². The predicted octanol–water partition coefficient (Wildman–Crippen LogP) is 6.15. The Balaban J connectivity index is 1.94. The monoisotopic (exact) mass is 611 g/mol. The molecule has 4 rings (SSSR count). The Morgan fingerprint density at radius 1 is 0.907 bits per heavy atom. The van der Waals surface area contributed by atoms with Crippen LogP contribution in [0.2, 0.25) is 5.02 Å². The largest absolute Gasteiger partial charge is 0.452 e. The molecule has 1 heterocycles. The predicted molar refractivity (Wildman–Crippen MR) is 155 cm³/mol. The van der Waals surface area contributed by atoms with E-state index in [0.29, 0.717) is 21.2 Å². The van der Waals surface area contributed by atoms with Crippen molar-refractivity contribution in [2.45, 2.75) is 45.5 Å². The maximum Gasteiger partial charge on any atom is 0.452 e. The van der Waals surface area contributed by atoms with Crippen LogP contribution in [0.5, 0.6) is 0 Å². The van der Waals surface area contributed by atoms with Gasteiger partial charge >= 0.3 is 6.18 Å². The summed E-state index contributed by atoms with van der Waals surface area (Å²) >= 11 is 5.99. The summed E-state index contributed by atoms with van der Waals surface area (Å²) in [5, 5.41) is 1.79. The molecule has 0 N–H and O–H groups in total. The first-order chi connectivity index (χ1) is 20.3. The van der Waals surface area contributed by atoms with Crippen molar-refractivity contribution in [1.82, 2.24) is 14.9 Å². The van der Waals surface area contributed by atoms with Crippen LogP contribution in [-0.4, -0.2) is 56.7 Å². The fourth-order valence-corrected chi connectivity index (χ4v) is 5.13. The van der Waals surface area contributed by atoms with Gasteiger partial charge in [0.25, 0.3) is 17.6 Å². The number of nitrogens with zero attached hydrogens (tertiary/aromatic N) is 3. The second-order valence-corrected chi connectivity index (χ2v) is 10.8. The van der Waals surface area contributed by atoms with E-state index in [9.17, 15) is 32.3 Å². The topological polar surface area (TPSA) is 78.0 Å². The molecule has 0 saturated heterocycles. The first kappa shape index (κ1) is 31.5. The lowest BCUT2D eigenvalue weighted by atomic mass is 9.96. The Labute approximate surface area is 252 Å². The van der Waals surface area contributed by atoms with Crippen LogP contribution in [0, 0.1) is 5.92 Å². The van der Waals surface area contributed by atoms with Crippen LogP contribution < -0.4 is 0 Å². The molecule has 0 saturated carbocycles. The van der Waals surface area contributed by atoms with E-state index in [1.807, 2.05) is 0 Å². The number of amides is 3. The molecule has 0 spiro atoms. The third-order valence-electron chi connectivity index (χ3n) is 6.96. The van der Waals surface area contributed by atoms with Crippen molar-refractivity contribution in [2.24, 2.45) is 5.92 Å². The molecule has 3 amide bonds. The summed E-state index contributed by atoms with van der Waals surface area (Å²) in [5.74, 6) is -5.10. The van der Waals surface area contributed by atoms with Crippen LogP contribution in [0.3, 0.4) is 0 Å². The molecule has 1 aliphatic heterocycles. The average Bonchev–Trinajstić information content (AvgIpc) is 2.97. The van der Waals surface area contributed by atoms with Crippen molar-refractivity contribution in [1.29, 1.82) is 0 Å². The zero-order valence-electron chi connectivity index (χ0n) is 23.6. The summed E-state index contributed by atoms with van der Waals surface area (Å²) in [6.07, 6.45) is -4.48. The summed E-state index contributed by atoms with van der Waals surface area (Å²) in [5.41, 5.74) is 0.854. The van der Waals surface area contributed by atoms with Gasteiger partial charge in [-0.25, -0.2) is 10.0 Å². The Morgan fingerprint density at radius 2 is 1.47 bits per heavy atom. The van der Waals surface area contributed by atoms with Crippen molar-refractivity contribution < 1.29 is 32.3 Å². The molecule has 2 atom stereocenters. The maximum atomic E-state index is 14.4. The van der Waals surface area contributed by atoms with Crippen LogP contribution in [-0.2, 0) is 20.8 Å². The van der Waals surface area contributed by atoms with E-state index in [2.05, 4.69) is 0 Å². The molecule has 3 aromatic rings. The number of ketones is 1. The van der Waals surface area contributed by atoms with Gasteiger partial charge in [-0.1, -0.05) is 86.1 Å². The minimum atomic E-state index is -5.31. The van der Waals surface area contributed by atoms with Gasteiger partial charge in [-0.2, -0.15) is 13.2 Å². The fourth-order valence-electron chi connectivity index (χ4n) is 5.01. The van der Waals surface area contributed by atoms with E-state index in [4.69, 9.17) is 11.6 Å². The number of carbonyl (C=O) groups excluding carboxylic acids is 4. The third-order valence-corrected chi connectivity index (χ3v) is 7.22. The average molecular weight is 612 g/mol.